The number of aliphatic hydroxyl groups excluding tert-OH is 1. The predicted octanol–water partition coefficient (Wildman–Crippen LogP) is 2.42. The van der Waals surface area contributed by atoms with E-state index in [0.717, 1.165) is 24.9 Å². The van der Waals surface area contributed by atoms with Gasteiger partial charge in [-0.15, -0.1) is 0 Å². The fraction of sp³-hybridized carbons (Fsp3) is 1.00. The zero-order chi connectivity index (χ0) is 11.3. The van der Waals surface area contributed by atoms with Crippen molar-refractivity contribution in [1.82, 2.24) is 5.32 Å². The maximum absolute atomic E-state index is 8.68. The van der Waals surface area contributed by atoms with Gasteiger partial charge in [-0.25, -0.2) is 0 Å². The van der Waals surface area contributed by atoms with Crippen LogP contribution in [0.5, 0.6) is 0 Å². The Hall–Kier alpha value is -0.0800. The number of rotatable bonds is 4. The van der Waals surface area contributed by atoms with Crippen molar-refractivity contribution in [3.05, 3.63) is 0 Å². The summed E-state index contributed by atoms with van der Waals surface area (Å²) in [4.78, 5) is 0. The quantitative estimate of drug-likeness (QED) is 0.703. The Morgan fingerprint density at radius 1 is 1.13 bits per heavy atom. The Morgan fingerprint density at radius 2 is 1.73 bits per heavy atom. The van der Waals surface area contributed by atoms with Crippen molar-refractivity contribution in [3.63, 3.8) is 0 Å². The molecule has 0 atom stereocenters. The zero-order valence-corrected chi connectivity index (χ0v) is 10.6. The van der Waals surface area contributed by atoms with E-state index in [2.05, 4.69) is 26.1 Å². The molecule has 0 aromatic carbocycles. The Bertz CT molecular complexity index is 166. The molecule has 0 radical (unpaired) electrons. The summed E-state index contributed by atoms with van der Waals surface area (Å²) in [6.45, 7) is 9.19. The molecule has 90 valence electrons. The van der Waals surface area contributed by atoms with Gasteiger partial charge in [0.1, 0.15) is 0 Å². The van der Waals surface area contributed by atoms with Gasteiger partial charge in [0.25, 0.3) is 0 Å². The van der Waals surface area contributed by atoms with E-state index in [9.17, 15) is 0 Å². The van der Waals surface area contributed by atoms with Crippen LogP contribution in [0.3, 0.4) is 0 Å². The van der Waals surface area contributed by atoms with Gasteiger partial charge in [0.05, 0.1) is 6.61 Å². The molecule has 2 nitrogen and oxygen atoms in total. The largest absolute Gasteiger partial charge is 0.395 e. The Kier molecular flexibility index (Phi) is 5.07. The molecule has 1 saturated carbocycles. The molecule has 1 aliphatic rings. The summed E-state index contributed by atoms with van der Waals surface area (Å²) in [5.74, 6) is 1.75. The molecule has 0 amide bonds. The summed E-state index contributed by atoms with van der Waals surface area (Å²) in [5.41, 5.74) is 0.490. The van der Waals surface area contributed by atoms with E-state index in [0.29, 0.717) is 5.41 Å². The fourth-order valence-electron chi connectivity index (χ4n) is 2.62. The van der Waals surface area contributed by atoms with E-state index in [1.54, 1.807) is 0 Å². The van der Waals surface area contributed by atoms with Gasteiger partial charge < -0.3 is 10.4 Å². The Labute approximate surface area is 94.5 Å². The molecule has 0 heterocycles. The minimum absolute atomic E-state index is 0.261. The van der Waals surface area contributed by atoms with Crippen LogP contribution < -0.4 is 5.32 Å². The van der Waals surface area contributed by atoms with Gasteiger partial charge in [0.2, 0.25) is 0 Å². The van der Waals surface area contributed by atoms with Gasteiger partial charge in [0, 0.05) is 6.54 Å². The van der Waals surface area contributed by atoms with Gasteiger partial charge in [-0.2, -0.15) is 0 Å². The number of hydrogen-bond donors (Lipinski definition) is 2. The number of aliphatic hydroxyl groups is 1. The van der Waals surface area contributed by atoms with Gasteiger partial charge in [-0.05, 0) is 49.5 Å². The van der Waals surface area contributed by atoms with Crippen LogP contribution in [0.1, 0.15) is 46.5 Å². The first-order valence-electron chi connectivity index (χ1n) is 6.35. The predicted molar refractivity (Wildman–Crippen MR) is 64.9 cm³/mol. The first kappa shape index (κ1) is 13.0. The molecule has 0 bridgehead atoms. The maximum Gasteiger partial charge on any atom is 0.0555 e. The third kappa shape index (κ3) is 4.52. The molecule has 0 aliphatic heterocycles. The minimum atomic E-state index is 0.261. The highest BCUT2D eigenvalue weighted by Gasteiger charge is 2.29. The van der Waals surface area contributed by atoms with Gasteiger partial charge in [0.15, 0.2) is 0 Å². The van der Waals surface area contributed by atoms with Crippen LogP contribution in [0.25, 0.3) is 0 Å². The van der Waals surface area contributed by atoms with E-state index in [1.807, 2.05) is 0 Å². The molecule has 1 fully saturated rings. The standard InChI is InChI=1S/C13H27NO/c1-13(2,3)12-6-4-11(5-7-12)10-14-8-9-15/h11-12,14-15H,4-10H2,1-3H3. The molecule has 0 unspecified atom stereocenters. The third-order valence-electron chi connectivity index (χ3n) is 3.79. The highest BCUT2D eigenvalue weighted by atomic mass is 16.3. The lowest BCUT2D eigenvalue weighted by atomic mass is 9.70. The molecule has 0 saturated heterocycles. The number of nitrogens with one attached hydrogen (secondary N) is 1. The first-order valence-corrected chi connectivity index (χ1v) is 6.35. The van der Waals surface area contributed by atoms with Crippen molar-refractivity contribution in [3.8, 4) is 0 Å². The molecule has 0 aromatic rings. The molecule has 2 heteroatoms. The van der Waals surface area contributed by atoms with E-state index in [4.69, 9.17) is 5.11 Å². The van der Waals surface area contributed by atoms with E-state index >= 15 is 0 Å². The van der Waals surface area contributed by atoms with Crippen LogP contribution in [0.2, 0.25) is 0 Å². The summed E-state index contributed by atoms with van der Waals surface area (Å²) >= 11 is 0. The van der Waals surface area contributed by atoms with Crippen LogP contribution in [-0.4, -0.2) is 24.8 Å². The lowest BCUT2D eigenvalue weighted by molar-refractivity contribution is 0.148. The maximum atomic E-state index is 8.68. The Morgan fingerprint density at radius 3 is 2.20 bits per heavy atom. The van der Waals surface area contributed by atoms with Crippen molar-refractivity contribution in [2.45, 2.75) is 46.5 Å². The van der Waals surface area contributed by atoms with Crippen molar-refractivity contribution in [2.75, 3.05) is 19.7 Å². The normalized spacial score (nSPS) is 28.0. The summed E-state index contributed by atoms with van der Waals surface area (Å²) in [6, 6.07) is 0. The van der Waals surface area contributed by atoms with Gasteiger partial charge in [-0.3, -0.25) is 0 Å². The molecule has 0 spiro atoms. The monoisotopic (exact) mass is 213 g/mol. The van der Waals surface area contributed by atoms with Crippen LogP contribution >= 0.6 is 0 Å². The fourth-order valence-corrected chi connectivity index (χ4v) is 2.62. The minimum Gasteiger partial charge on any atom is -0.395 e. The van der Waals surface area contributed by atoms with Gasteiger partial charge in [-0.1, -0.05) is 20.8 Å². The summed E-state index contributed by atoms with van der Waals surface area (Å²) < 4.78 is 0. The summed E-state index contributed by atoms with van der Waals surface area (Å²) in [5, 5.41) is 12.0. The molecule has 2 N–H and O–H groups in total. The lowest BCUT2D eigenvalue weighted by Crippen LogP contribution is -2.31. The highest BCUT2D eigenvalue weighted by molar-refractivity contribution is 4.81. The SMILES string of the molecule is CC(C)(C)C1CCC(CNCCO)CC1. The summed E-state index contributed by atoms with van der Waals surface area (Å²) in [7, 11) is 0. The van der Waals surface area contributed by atoms with Crippen LogP contribution in [0.4, 0.5) is 0 Å². The molecule has 1 aliphatic carbocycles. The van der Waals surface area contributed by atoms with Crippen molar-refractivity contribution in [2.24, 2.45) is 17.3 Å². The van der Waals surface area contributed by atoms with E-state index in [1.165, 1.54) is 25.7 Å². The summed E-state index contributed by atoms with van der Waals surface area (Å²) in [6.07, 6.45) is 5.49. The molecule has 0 aromatic heterocycles. The van der Waals surface area contributed by atoms with E-state index < -0.39 is 0 Å². The topological polar surface area (TPSA) is 32.3 Å². The third-order valence-corrected chi connectivity index (χ3v) is 3.79. The van der Waals surface area contributed by atoms with Crippen molar-refractivity contribution < 1.29 is 5.11 Å². The smallest absolute Gasteiger partial charge is 0.0555 e. The molecular weight excluding hydrogens is 186 g/mol. The van der Waals surface area contributed by atoms with Crippen LogP contribution in [0, 0.1) is 17.3 Å². The second-order valence-corrected chi connectivity index (χ2v) is 6.01. The highest BCUT2D eigenvalue weighted by Crippen LogP contribution is 2.39. The lowest BCUT2D eigenvalue weighted by Gasteiger charge is -2.37. The van der Waals surface area contributed by atoms with Crippen LogP contribution in [0.15, 0.2) is 0 Å². The second kappa shape index (κ2) is 5.86. The number of hydrogen-bond acceptors (Lipinski definition) is 2. The first-order chi connectivity index (χ1) is 7.04. The molecule has 15 heavy (non-hydrogen) atoms. The van der Waals surface area contributed by atoms with E-state index in [-0.39, 0.29) is 6.61 Å². The van der Waals surface area contributed by atoms with Gasteiger partial charge >= 0.3 is 0 Å². The molecular formula is C13H27NO. The van der Waals surface area contributed by atoms with Crippen LogP contribution in [-0.2, 0) is 0 Å². The van der Waals surface area contributed by atoms with Crippen molar-refractivity contribution >= 4 is 0 Å². The van der Waals surface area contributed by atoms with Crippen molar-refractivity contribution in [1.29, 1.82) is 0 Å². The second-order valence-electron chi connectivity index (χ2n) is 6.01. The average Bonchev–Trinajstić information content (AvgIpc) is 2.18. The molecule has 1 rings (SSSR count). The zero-order valence-electron chi connectivity index (χ0n) is 10.6. The Balaban J connectivity index is 2.18. The average molecular weight is 213 g/mol.